The van der Waals surface area contributed by atoms with Gasteiger partial charge in [-0.25, -0.2) is 9.37 Å². The Balaban J connectivity index is 1.27. The summed E-state index contributed by atoms with van der Waals surface area (Å²) in [4.78, 5) is 9.26. The summed E-state index contributed by atoms with van der Waals surface area (Å²) in [6.07, 6.45) is 5.12. The van der Waals surface area contributed by atoms with Crippen molar-refractivity contribution in [1.82, 2.24) is 15.3 Å². The highest BCUT2D eigenvalue weighted by atomic mass is 35.5. The maximum Gasteiger partial charge on any atom is 0.216 e. The van der Waals surface area contributed by atoms with Crippen molar-refractivity contribution in [2.24, 2.45) is 11.7 Å². The SMILES string of the molecule is COc1cc(-c2nccc(-c3cccc(-c4ccc(CC5COCCC5N)c(OC)n4)c3F)c2Cl)ccc1CNC1CCOCC1. The number of aromatic nitrogens is 2. The van der Waals surface area contributed by atoms with Crippen molar-refractivity contribution in [3.05, 3.63) is 82.8 Å². The molecule has 6 rings (SSSR count). The normalized spacial score (nSPS) is 18.8. The summed E-state index contributed by atoms with van der Waals surface area (Å²) in [7, 11) is 3.22. The van der Waals surface area contributed by atoms with Gasteiger partial charge in [0.05, 0.1) is 37.2 Å². The van der Waals surface area contributed by atoms with E-state index in [0.717, 1.165) is 54.9 Å². The van der Waals surface area contributed by atoms with Crippen molar-refractivity contribution in [2.75, 3.05) is 40.6 Å². The number of nitrogens with one attached hydrogen (secondary N) is 1. The molecule has 242 valence electrons. The Hall–Kier alpha value is -3.60. The van der Waals surface area contributed by atoms with E-state index in [9.17, 15) is 0 Å². The lowest BCUT2D eigenvalue weighted by Gasteiger charge is -2.29. The van der Waals surface area contributed by atoms with Crippen LogP contribution < -0.4 is 20.5 Å². The summed E-state index contributed by atoms with van der Waals surface area (Å²) in [5.74, 6) is 0.918. The highest BCUT2D eigenvalue weighted by Crippen LogP contribution is 2.39. The van der Waals surface area contributed by atoms with Crippen LogP contribution >= 0.6 is 11.6 Å². The number of pyridine rings is 2. The van der Waals surface area contributed by atoms with E-state index in [4.69, 9.17) is 41.3 Å². The number of benzene rings is 2. The van der Waals surface area contributed by atoms with Crippen LogP contribution in [0.1, 0.15) is 30.4 Å². The van der Waals surface area contributed by atoms with Crippen LogP contribution in [-0.2, 0) is 22.4 Å². The molecule has 0 amide bonds. The molecular formula is C36H40ClFN4O4. The molecule has 0 aliphatic carbocycles. The van der Waals surface area contributed by atoms with Gasteiger partial charge in [0.15, 0.2) is 0 Å². The van der Waals surface area contributed by atoms with Crippen molar-refractivity contribution in [2.45, 2.75) is 44.3 Å². The summed E-state index contributed by atoms with van der Waals surface area (Å²) < 4.78 is 38.8. The van der Waals surface area contributed by atoms with E-state index in [1.54, 1.807) is 44.7 Å². The van der Waals surface area contributed by atoms with Gasteiger partial charge < -0.3 is 30.0 Å². The average molecular weight is 647 g/mol. The standard InChI is InChI=1S/C36H40ClFN4O4/c1-43-32-19-22(6-7-24(32)20-41-26-11-15-45-16-12-26)35-33(37)27(10-14-40-35)28-4-3-5-29(34(28)38)31-9-8-23(36(42-31)44-2)18-25-21-46-17-13-30(25)39/h3-10,14,19,25-26,30,41H,11-13,15-18,20-21,39H2,1-2H3. The van der Waals surface area contributed by atoms with E-state index in [1.165, 1.54) is 0 Å². The predicted octanol–water partition coefficient (Wildman–Crippen LogP) is 6.46. The summed E-state index contributed by atoms with van der Waals surface area (Å²) in [6, 6.07) is 17.1. The van der Waals surface area contributed by atoms with Crippen molar-refractivity contribution < 1.29 is 23.3 Å². The van der Waals surface area contributed by atoms with Crippen LogP contribution in [0.4, 0.5) is 4.39 Å². The summed E-state index contributed by atoms with van der Waals surface area (Å²) >= 11 is 6.97. The number of methoxy groups -OCH3 is 2. The molecule has 2 aliphatic heterocycles. The summed E-state index contributed by atoms with van der Waals surface area (Å²) in [6.45, 7) is 3.51. The van der Waals surface area contributed by atoms with Gasteiger partial charge in [-0.15, -0.1) is 0 Å². The molecule has 0 bridgehead atoms. The van der Waals surface area contributed by atoms with Crippen LogP contribution in [0.15, 0.2) is 60.8 Å². The van der Waals surface area contributed by atoms with Crippen molar-refractivity contribution in [3.8, 4) is 45.3 Å². The quantitative estimate of drug-likeness (QED) is 0.202. The third-order valence-electron chi connectivity index (χ3n) is 8.96. The molecule has 2 aromatic heterocycles. The first-order valence-corrected chi connectivity index (χ1v) is 16.1. The third kappa shape index (κ3) is 7.04. The van der Waals surface area contributed by atoms with Gasteiger partial charge in [0.1, 0.15) is 11.6 Å². The van der Waals surface area contributed by atoms with Gasteiger partial charge >= 0.3 is 0 Å². The van der Waals surface area contributed by atoms with Crippen molar-refractivity contribution in [1.29, 1.82) is 0 Å². The maximum absolute atomic E-state index is 16.3. The first-order chi connectivity index (χ1) is 22.5. The second kappa shape index (κ2) is 14.9. The minimum absolute atomic E-state index is 0.0560. The number of ether oxygens (including phenoxy) is 4. The molecule has 2 aromatic carbocycles. The first-order valence-electron chi connectivity index (χ1n) is 15.8. The molecule has 10 heteroatoms. The van der Waals surface area contributed by atoms with Gasteiger partial charge in [0.25, 0.3) is 0 Å². The van der Waals surface area contributed by atoms with E-state index in [0.29, 0.717) is 71.2 Å². The molecule has 2 saturated heterocycles. The lowest BCUT2D eigenvalue weighted by molar-refractivity contribution is 0.0420. The second-order valence-corrected chi connectivity index (χ2v) is 12.2. The summed E-state index contributed by atoms with van der Waals surface area (Å²) in [5.41, 5.74) is 11.3. The van der Waals surface area contributed by atoms with Crippen LogP contribution in [0.2, 0.25) is 5.02 Å². The number of rotatable bonds is 10. The van der Waals surface area contributed by atoms with E-state index >= 15 is 4.39 Å². The summed E-state index contributed by atoms with van der Waals surface area (Å²) in [5, 5.41) is 3.95. The van der Waals surface area contributed by atoms with Crippen LogP contribution in [0.5, 0.6) is 11.6 Å². The molecule has 4 heterocycles. The highest BCUT2D eigenvalue weighted by Gasteiger charge is 2.25. The smallest absolute Gasteiger partial charge is 0.216 e. The van der Waals surface area contributed by atoms with Gasteiger partial charge in [-0.3, -0.25) is 4.98 Å². The zero-order valence-corrected chi connectivity index (χ0v) is 27.0. The van der Waals surface area contributed by atoms with Gasteiger partial charge in [-0.2, -0.15) is 0 Å². The van der Waals surface area contributed by atoms with Crippen LogP contribution in [0.25, 0.3) is 33.6 Å². The topological polar surface area (TPSA) is 101 Å². The van der Waals surface area contributed by atoms with Gasteiger partial charge in [0, 0.05) is 83.9 Å². The maximum atomic E-state index is 16.3. The molecule has 46 heavy (non-hydrogen) atoms. The Kier molecular flexibility index (Phi) is 10.5. The van der Waals surface area contributed by atoms with Crippen LogP contribution in [-0.4, -0.2) is 62.7 Å². The van der Waals surface area contributed by atoms with Crippen molar-refractivity contribution in [3.63, 3.8) is 0 Å². The lowest BCUT2D eigenvalue weighted by atomic mass is 9.90. The van der Waals surface area contributed by atoms with Crippen molar-refractivity contribution >= 4 is 11.6 Å². The number of hydrogen-bond donors (Lipinski definition) is 2. The Labute approximate surface area is 274 Å². The molecule has 4 aromatic rings. The number of nitrogens with zero attached hydrogens (tertiary/aromatic N) is 2. The minimum atomic E-state index is -0.432. The molecule has 2 atom stereocenters. The zero-order valence-electron chi connectivity index (χ0n) is 26.2. The minimum Gasteiger partial charge on any atom is -0.496 e. The molecule has 0 spiro atoms. The molecule has 0 saturated carbocycles. The van der Waals surface area contributed by atoms with Crippen LogP contribution in [0, 0.1) is 11.7 Å². The molecule has 3 N–H and O–H groups in total. The number of halogens is 2. The molecule has 0 radical (unpaired) electrons. The fourth-order valence-electron chi connectivity index (χ4n) is 6.24. The monoisotopic (exact) mass is 646 g/mol. The van der Waals surface area contributed by atoms with Crippen LogP contribution in [0.3, 0.4) is 0 Å². The Bertz CT molecular complexity index is 1670. The number of hydrogen-bond acceptors (Lipinski definition) is 8. The lowest BCUT2D eigenvalue weighted by Crippen LogP contribution is -2.39. The third-order valence-corrected chi connectivity index (χ3v) is 9.35. The first kappa shape index (κ1) is 32.3. The molecule has 8 nitrogen and oxygen atoms in total. The number of nitrogens with two attached hydrogens (primary N) is 1. The van der Waals surface area contributed by atoms with E-state index in [-0.39, 0.29) is 12.0 Å². The Morgan fingerprint density at radius 2 is 1.72 bits per heavy atom. The molecule has 2 fully saturated rings. The Morgan fingerprint density at radius 3 is 2.50 bits per heavy atom. The molecular weight excluding hydrogens is 607 g/mol. The van der Waals surface area contributed by atoms with Gasteiger partial charge in [-0.05, 0) is 49.9 Å². The highest BCUT2D eigenvalue weighted by molar-refractivity contribution is 6.35. The van der Waals surface area contributed by atoms with E-state index in [2.05, 4.69) is 10.3 Å². The molecule has 2 unspecified atom stereocenters. The van der Waals surface area contributed by atoms with Gasteiger partial charge in [0.2, 0.25) is 5.88 Å². The van der Waals surface area contributed by atoms with E-state index < -0.39 is 5.82 Å². The van der Waals surface area contributed by atoms with E-state index in [1.807, 2.05) is 30.3 Å². The second-order valence-electron chi connectivity index (χ2n) is 11.8. The zero-order chi connectivity index (χ0) is 32.0. The van der Waals surface area contributed by atoms with Gasteiger partial charge in [-0.1, -0.05) is 41.9 Å². The largest absolute Gasteiger partial charge is 0.496 e. The predicted molar refractivity (Wildman–Crippen MR) is 178 cm³/mol. The Morgan fingerprint density at radius 1 is 0.935 bits per heavy atom. The molecule has 2 aliphatic rings. The fourth-order valence-corrected chi connectivity index (χ4v) is 6.56. The average Bonchev–Trinajstić information content (AvgIpc) is 3.09. The fraction of sp³-hybridized carbons (Fsp3) is 0.389.